The molecule has 20 heteroatoms. The lowest BCUT2D eigenvalue weighted by atomic mass is 10.0. The molecule has 8 N–H and O–H groups in total. The standard InChI is InChI=1S/C43H78N6O14/c1-34(50)31-49(2)42(57)35(44)17-15-16-22-45-39(53)32-62-29-28-61-26-24-47-40(54)33-63-30-27-60-25-23-46-37(51)21-20-36(43(58)59)48-38(52)18-13-11-9-7-5-3-4-6-8-10-12-14-19-41(55)56/h35-36H,3-33,44H2,1-2H3,(H,45,53)(H,46,51)(H,47,54)(H,48,52)(H,55,56)(H,58,59)/t35-,36+/m1/s1. The van der Waals surface area contributed by atoms with Crippen LogP contribution in [0.25, 0.3) is 0 Å². The molecule has 0 unspecified atom stereocenters. The van der Waals surface area contributed by atoms with Gasteiger partial charge in [-0.1, -0.05) is 64.2 Å². The van der Waals surface area contributed by atoms with Gasteiger partial charge in [0.25, 0.3) is 0 Å². The molecule has 0 aliphatic rings. The van der Waals surface area contributed by atoms with E-state index in [4.69, 9.17) is 29.8 Å². The normalized spacial score (nSPS) is 11.9. The van der Waals surface area contributed by atoms with Gasteiger partial charge in [-0.05, 0) is 45.4 Å². The summed E-state index contributed by atoms with van der Waals surface area (Å²) in [6.45, 7) is 3.18. The maximum Gasteiger partial charge on any atom is 0.326 e. The van der Waals surface area contributed by atoms with Crippen molar-refractivity contribution in [1.29, 1.82) is 0 Å². The molecule has 0 saturated carbocycles. The fourth-order valence-electron chi connectivity index (χ4n) is 6.15. The molecule has 0 aromatic rings. The Morgan fingerprint density at radius 1 is 0.524 bits per heavy atom. The van der Waals surface area contributed by atoms with Gasteiger partial charge in [0, 0.05) is 45.9 Å². The van der Waals surface area contributed by atoms with Crippen LogP contribution < -0.4 is 27.0 Å². The Labute approximate surface area is 373 Å². The van der Waals surface area contributed by atoms with Gasteiger partial charge in [0.05, 0.1) is 52.2 Å². The van der Waals surface area contributed by atoms with Gasteiger partial charge >= 0.3 is 11.9 Å². The SMILES string of the molecule is CC(=O)CN(C)C(=O)[C@H](N)CCCCNC(=O)COCCOCCNC(=O)COCCOCCNC(=O)CC[C@H](NC(=O)CCCCCCCCCCCCCCC(=O)O)C(=O)O. The number of carboxylic acid groups (broad SMARTS) is 2. The summed E-state index contributed by atoms with van der Waals surface area (Å²) in [5.41, 5.74) is 5.89. The molecule has 0 bridgehead atoms. The molecule has 2 atom stereocenters. The Morgan fingerprint density at radius 2 is 0.984 bits per heavy atom. The number of carboxylic acids is 2. The van der Waals surface area contributed by atoms with Crippen molar-refractivity contribution in [3.63, 3.8) is 0 Å². The highest BCUT2D eigenvalue weighted by molar-refractivity contribution is 5.87. The maximum atomic E-state index is 12.3. The van der Waals surface area contributed by atoms with Crippen LogP contribution in [0.2, 0.25) is 0 Å². The predicted octanol–water partition coefficient (Wildman–Crippen LogP) is 1.84. The van der Waals surface area contributed by atoms with Crippen molar-refractivity contribution in [2.45, 2.75) is 141 Å². The Kier molecular flexibility index (Phi) is 37.8. The van der Waals surface area contributed by atoms with Crippen molar-refractivity contribution in [3.05, 3.63) is 0 Å². The van der Waals surface area contributed by atoms with E-state index in [1.54, 1.807) is 0 Å². The molecule has 0 spiro atoms. The number of carbonyl (C=O) groups is 8. The quantitative estimate of drug-likeness (QED) is 0.0430. The summed E-state index contributed by atoms with van der Waals surface area (Å²) in [5, 5.41) is 28.7. The number of Topliss-reactive ketones (excluding diaryl/α,β-unsaturated/α-hetero) is 1. The van der Waals surface area contributed by atoms with Crippen LogP contribution in [0.15, 0.2) is 0 Å². The number of unbranched alkanes of at least 4 members (excludes halogenated alkanes) is 12. The van der Waals surface area contributed by atoms with Crippen LogP contribution in [0.3, 0.4) is 0 Å². The van der Waals surface area contributed by atoms with E-state index in [1.165, 1.54) is 38.1 Å². The molecule has 0 saturated heterocycles. The van der Waals surface area contributed by atoms with Crippen LogP contribution >= 0.6 is 0 Å². The highest BCUT2D eigenvalue weighted by Gasteiger charge is 2.21. The minimum atomic E-state index is -1.19. The van der Waals surface area contributed by atoms with Crippen LogP contribution in [-0.4, -0.2) is 161 Å². The number of nitrogens with one attached hydrogen (secondary N) is 4. The van der Waals surface area contributed by atoms with Gasteiger partial charge < -0.3 is 61.1 Å². The lowest BCUT2D eigenvalue weighted by molar-refractivity contribution is -0.142. The third-order valence-corrected chi connectivity index (χ3v) is 9.60. The van der Waals surface area contributed by atoms with Crippen molar-refractivity contribution < 1.29 is 67.5 Å². The van der Waals surface area contributed by atoms with E-state index >= 15 is 0 Å². The zero-order valence-electron chi connectivity index (χ0n) is 37.9. The number of carbonyl (C=O) groups excluding carboxylic acids is 6. The van der Waals surface area contributed by atoms with Crippen molar-refractivity contribution in [2.24, 2.45) is 5.73 Å². The number of nitrogens with two attached hydrogens (primary N) is 1. The fourth-order valence-corrected chi connectivity index (χ4v) is 6.15. The molecule has 0 radical (unpaired) electrons. The Morgan fingerprint density at radius 3 is 1.48 bits per heavy atom. The molecule has 0 aliphatic heterocycles. The van der Waals surface area contributed by atoms with Gasteiger partial charge in [-0.25, -0.2) is 4.79 Å². The number of amides is 5. The zero-order valence-corrected chi connectivity index (χ0v) is 37.9. The van der Waals surface area contributed by atoms with Gasteiger partial charge in [-0.3, -0.25) is 33.6 Å². The second-order valence-corrected chi connectivity index (χ2v) is 15.5. The van der Waals surface area contributed by atoms with Crippen molar-refractivity contribution in [3.8, 4) is 0 Å². The highest BCUT2D eigenvalue weighted by Crippen LogP contribution is 2.13. The summed E-state index contributed by atoms with van der Waals surface area (Å²) in [6, 6.07) is -1.85. The van der Waals surface area contributed by atoms with Crippen molar-refractivity contribution in [1.82, 2.24) is 26.2 Å². The molecule has 5 amide bonds. The topological polar surface area (TPSA) is 291 Å². The zero-order chi connectivity index (χ0) is 46.9. The van der Waals surface area contributed by atoms with E-state index in [0.29, 0.717) is 32.2 Å². The summed E-state index contributed by atoms with van der Waals surface area (Å²) in [4.78, 5) is 95.0. The summed E-state index contributed by atoms with van der Waals surface area (Å²) in [6.07, 6.45) is 14.3. The Bertz CT molecular complexity index is 1310. The number of likely N-dealkylation sites (N-methyl/N-ethyl adjacent to an activating group) is 1. The molecule has 0 aliphatic carbocycles. The molecule has 20 nitrogen and oxygen atoms in total. The number of hydrogen-bond donors (Lipinski definition) is 7. The lowest BCUT2D eigenvalue weighted by Gasteiger charge is -2.20. The molecule has 0 rings (SSSR count). The van der Waals surface area contributed by atoms with Gasteiger partial charge in [0.2, 0.25) is 29.5 Å². The van der Waals surface area contributed by atoms with Crippen molar-refractivity contribution in [2.75, 3.05) is 86.1 Å². The average Bonchev–Trinajstić information content (AvgIpc) is 3.23. The third-order valence-electron chi connectivity index (χ3n) is 9.60. The van der Waals surface area contributed by atoms with Gasteiger partial charge in [-0.15, -0.1) is 0 Å². The largest absolute Gasteiger partial charge is 0.481 e. The van der Waals surface area contributed by atoms with Crippen LogP contribution in [0, 0.1) is 0 Å². The van der Waals surface area contributed by atoms with Gasteiger partial charge in [0.15, 0.2) is 0 Å². The summed E-state index contributed by atoms with van der Waals surface area (Å²) >= 11 is 0. The van der Waals surface area contributed by atoms with Crippen LogP contribution in [0.1, 0.15) is 129 Å². The summed E-state index contributed by atoms with van der Waals surface area (Å²) < 4.78 is 21.3. The average molecular weight is 903 g/mol. The van der Waals surface area contributed by atoms with E-state index in [-0.39, 0.29) is 133 Å². The van der Waals surface area contributed by atoms with Crippen molar-refractivity contribution >= 4 is 47.3 Å². The first-order valence-corrected chi connectivity index (χ1v) is 22.6. The predicted molar refractivity (Wildman–Crippen MR) is 234 cm³/mol. The molecule has 63 heavy (non-hydrogen) atoms. The van der Waals surface area contributed by atoms with Crippen LogP contribution in [0.4, 0.5) is 0 Å². The Hall–Kier alpha value is -4.24. The first-order chi connectivity index (χ1) is 30.2. The minimum Gasteiger partial charge on any atom is -0.481 e. The Balaban J connectivity index is 3.69. The van der Waals surface area contributed by atoms with Crippen LogP contribution in [-0.2, 0) is 57.3 Å². The van der Waals surface area contributed by atoms with E-state index in [9.17, 15) is 43.5 Å². The molecule has 0 aromatic heterocycles. The molecule has 0 heterocycles. The highest BCUT2D eigenvalue weighted by atomic mass is 16.5. The molecular weight excluding hydrogens is 825 g/mol. The first-order valence-electron chi connectivity index (χ1n) is 22.6. The monoisotopic (exact) mass is 903 g/mol. The lowest BCUT2D eigenvalue weighted by Crippen LogP contribution is -2.43. The van der Waals surface area contributed by atoms with E-state index in [0.717, 1.165) is 51.4 Å². The fraction of sp³-hybridized carbons (Fsp3) is 0.814. The van der Waals surface area contributed by atoms with Gasteiger partial charge in [0.1, 0.15) is 25.0 Å². The second kappa shape index (κ2) is 40.5. The molecule has 364 valence electrons. The number of hydrogen-bond acceptors (Lipinski definition) is 13. The number of ketones is 1. The summed E-state index contributed by atoms with van der Waals surface area (Å²) in [5.74, 6) is -3.66. The number of ether oxygens (including phenoxy) is 4. The van der Waals surface area contributed by atoms with Crippen LogP contribution in [0.5, 0.6) is 0 Å². The number of aliphatic carboxylic acids is 2. The second-order valence-electron chi connectivity index (χ2n) is 15.5. The summed E-state index contributed by atoms with van der Waals surface area (Å²) in [7, 11) is 1.54. The third kappa shape index (κ3) is 39.1. The molecule has 0 aromatic carbocycles. The molecule has 0 fully saturated rings. The number of nitrogens with zero attached hydrogens (tertiary/aromatic N) is 1. The van der Waals surface area contributed by atoms with E-state index < -0.39 is 24.0 Å². The van der Waals surface area contributed by atoms with E-state index in [1.807, 2.05) is 0 Å². The smallest absolute Gasteiger partial charge is 0.326 e. The number of rotatable bonds is 44. The van der Waals surface area contributed by atoms with E-state index in [2.05, 4.69) is 21.3 Å². The maximum absolute atomic E-state index is 12.3. The first kappa shape index (κ1) is 58.8. The molecular formula is C43H78N6O14. The van der Waals surface area contributed by atoms with Gasteiger partial charge in [-0.2, -0.15) is 0 Å². The minimum absolute atomic E-state index is 0.0243.